The van der Waals surface area contributed by atoms with Crippen LogP contribution in [0.2, 0.25) is 0 Å². The molecule has 0 aliphatic carbocycles. The number of ether oxygens (including phenoxy) is 1. The number of benzene rings is 1. The molecule has 1 heterocycles. The number of hydrazone groups is 1. The molecule has 4 nitrogen and oxygen atoms in total. The number of carbonyl (C=O) groups is 1. The maximum atomic E-state index is 13.0. The number of methoxy groups -OCH3 is 1. The number of hydrogen-bond donors (Lipinski definition) is 0. The van der Waals surface area contributed by atoms with E-state index in [-0.39, 0.29) is 18.1 Å². The van der Waals surface area contributed by atoms with Crippen LogP contribution in [-0.4, -0.2) is 30.3 Å². The van der Waals surface area contributed by atoms with Crippen LogP contribution in [-0.2, 0) is 16.1 Å². The first-order chi connectivity index (χ1) is 8.19. The molecule has 1 amide bonds. The van der Waals surface area contributed by atoms with E-state index in [2.05, 4.69) is 5.10 Å². The van der Waals surface area contributed by atoms with Gasteiger partial charge in [0.25, 0.3) is 0 Å². The highest BCUT2D eigenvalue weighted by molar-refractivity contribution is 6.05. The van der Waals surface area contributed by atoms with Gasteiger partial charge in [-0.05, 0) is 17.7 Å². The highest BCUT2D eigenvalue weighted by Gasteiger charge is 2.23. The zero-order valence-corrected chi connectivity index (χ0v) is 9.52. The Bertz CT molecular complexity index is 460. The van der Waals surface area contributed by atoms with Crippen molar-refractivity contribution in [2.45, 2.75) is 13.0 Å². The summed E-state index contributed by atoms with van der Waals surface area (Å²) in [5.74, 6) is -0.392. The van der Waals surface area contributed by atoms with E-state index in [9.17, 15) is 9.18 Å². The first-order valence-electron chi connectivity index (χ1n) is 5.29. The van der Waals surface area contributed by atoms with Gasteiger partial charge in [-0.25, -0.2) is 9.40 Å². The van der Waals surface area contributed by atoms with E-state index in [1.165, 1.54) is 17.1 Å². The molecule has 0 unspecified atom stereocenters. The van der Waals surface area contributed by atoms with E-state index >= 15 is 0 Å². The fraction of sp³-hybridized carbons (Fsp3) is 0.333. The van der Waals surface area contributed by atoms with Gasteiger partial charge in [0.05, 0.1) is 25.3 Å². The summed E-state index contributed by atoms with van der Waals surface area (Å²) in [5, 5.41) is 5.49. The predicted octanol–water partition coefficient (Wildman–Crippen LogP) is 1.56. The van der Waals surface area contributed by atoms with Crippen LogP contribution in [0.25, 0.3) is 0 Å². The van der Waals surface area contributed by atoms with Crippen molar-refractivity contribution in [1.29, 1.82) is 0 Å². The van der Waals surface area contributed by atoms with Crippen LogP contribution in [0.4, 0.5) is 4.39 Å². The lowest BCUT2D eigenvalue weighted by atomic mass is 10.2. The molecule has 0 fully saturated rings. The molecular formula is C12H13FN2O2. The lowest BCUT2D eigenvalue weighted by Gasteiger charge is -2.11. The van der Waals surface area contributed by atoms with E-state index in [1.807, 2.05) is 0 Å². The topological polar surface area (TPSA) is 41.9 Å². The monoisotopic (exact) mass is 236 g/mol. The third-order valence-corrected chi connectivity index (χ3v) is 2.44. The Balaban J connectivity index is 2.06. The molecule has 0 N–H and O–H groups in total. The van der Waals surface area contributed by atoms with Crippen molar-refractivity contribution in [2.75, 3.05) is 13.7 Å². The third kappa shape index (κ3) is 2.88. The molecule has 0 radical (unpaired) electrons. The van der Waals surface area contributed by atoms with E-state index in [1.54, 1.807) is 19.2 Å². The molecule has 2 rings (SSSR count). The summed E-state index contributed by atoms with van der Waals surface area (Å²) in [6, 6.07) is 6.15. The van der Waals surface area contributed by atoms with Gasteiger partial charge in [0, 0.05) is 7.11 Å². The summed E-state index contributed by atoms with van der Waals surface area (Å²) in [4.78, 5) is 11.6. The van der Waals surface area contributed by atoms with E-state index in [4.69, 9.17) is 4.74 Å². The van der Waals surface area contributed by atoms with Gasteiger partial charge in [0.1, 0.15) is 5.82 Å². The Labute approximate surface area is 98.7 Å². The van der Waals surface area contributed by atoms with Crippen molar-refractivity contribution in [3.05, 3.63) is 35.6 Å². The van der Waals surface area contributed by atoms with Gasteiger partial charge < -0.3 is 4.74 Å². The number of halogens is 1. The van der Waals surface area contributed by atoms with Crippen LogP contribution in [0.1, 0.15) is 12.0 Å². The van der Waals surface area contributed by atoms with Gasteiger partial charge in [-0.15, -0.1) is 0 Å². The number of rotatable bonds is 4. The number of nitrogens with zero attached hydrogens (tertiary/aromatic N) is 2. The van der Waals surface area contributed by atoms with Gasteiger partial charge in [0.15, 0.2) is 0 Å². The third-order valence-electron chi connectivity index (χ3n) is 2.44. The molecule has 0 atom stereocenters. The van der Waals surface area contributed by atoms with Crippen molar-refractivity contribution in [3.8, 4) is 0 Å². The summed E-state index contributed by atoms with van der Waals surface area (Å²) in [6.45, 7) is 0.648. The van der Waals surface area contributed by atoms with Crippen LogP contribution in [0.3, 0.4) is 0 Å². The fourth-order valence-corrected chi connectivity index (χ4v) is 1.71. The van der Waals surface area contributed by atoms with Crippen LogP contribution >= 0.6 is 0 Å². The van der Waals surface area contributed by atoms with Crippen molar-refractivity contribution in [2.24, 2.45) is 5.10 Å². The summed E-state index contributed by atoms with van der Waals surface area (Å²) < 4.78 is 17.9. The summed E-state index contributed by atoms with van der Waals surface area (Å²) in [7, 11) is 1.56. The second kappa shape index (κ2) is 5.05. The van der Waals surface area contributed by atoms with Crippen LogP contribution < -0.4 is 0 Å². The van der Waals surface area contributed by atoms with Crippen molar-refractivity contribution in [1.82, 2.24) is 5.01 Å². The maximum absolute atomic E-state index is 13.0. The minimum Gasteiger partial charge on any atom is -0.379 e. The summed E-state index contributed by atoms with van der Waals surface area (Å²) in [6.07, 6.45) is 0.281. The lowest BCUT2D eigenvalue weighted by Crippen LogP contribution is -2.20. The Kier molecular flexibility index (Phi) is 3.49. The van der Waals surface area contributed by atoms with Crippen molar-refractivity contribution < 1.29 is 13.9 Å². The molecule has 0 bridgehead atoms. The molecule has 1 aromatic rings. The molecule has 1 aromatic carbocycles. The second-order valence-electron chi connectivity index (χ2n) is 3.86. The van der Waals surface area contributed by atoms with Crippen molar-refractivity contribution >= 4 is 11.6 Å². The number of carbonyl (C=O) groups excluding carboxylic acids is 1. The fourth-order valence-electron chi connectivity index (χ4n) is 1.71. The van der Waals surface area contributed by atoms with Crippen LogP contribution in [0.5, 0.6) is 0 Å². The maximum Gasteiger partial charge on any atom is 0.248 e. The van der Waals surface area contributed by atoms with Crippen LogP contribution in [0.15, 0.2) is 29.4 Å². The number of amides is 1. The second-order valence-corrected chi connectivity index (χ2v) is 3.86. The molecule has 17 heavy (non-hydrogen) atoms. The Morgan fingerprint density at radius 3 is 3.06 bits per heavy atom. The van der Waals surface area contributed by atoms with Crippen LogP contribution in [0, 0.1) is 5.82 Å². The smallest absolute Gasteiger partial charge is 0.248 e. The van der Waals surface area contributed by atoms with Crippen molar-refractivity contribution in [3.63, 3.8) is 0 Å². The van der Waals surface area contributed by atoms with E-state index in [0.717, 1.165) is 5.56 Å². The van der Waals surface area contributed by atoms with Gasteiger partial charge in [0.2, 0.25) is 5.91 Å². The molecule has 0 saturated carbocycles. The molecule has 90 valence electrons. The molecular weight excluding hydrogens is 223 g/mol. The predicted molar refractivity (Wildman–Crippen MR) is 60.9 cm³/mol. The quantitative estimate of drug-likeness (QED) is 0.796. The normalized spacial score (nSPS) is 15.3. The van der Waals surface area contributed by atoms with Gasteiger partial charge in [-0.1, -0.05) is 12.1 Å². The molecule has 1 aliphatic heterocycles. The number of hydrogen-bond acceptors (Lipinski definition) is 3. The molecule has 0 saturated heterocycles. The standard InChI is InChI=1S/C12H13FN2O2/c1-17-8-11-6-12(16)15(14-11)7-9-3-2-4-10(13)5-9/h2-5H,6-8H2,1H3. The molecule has 1 aliphatic rings. The lowest BCUT2D eigenvalue weighted by molar-refractivity contribution is -0.129. The average molecular weight is 236 g/mol. The van der Waals surface area contributed by atoms with Gasteiger partial charge in [-0.2, -0.15) is 5.10 Å². The van der Waals surface area contributed by atoms with E-state index < -0.39 is 0 Å². The Morgan fingerprint density at radius 1 is 1.53 bits per heavy atom. The molecule has 0 aromatic heterocycles. The minimum absolute atomic E-state index is 0.0821. The average Bonchev–Trinajstić information content (AvgIpc) is 2.60. The Morgan fingerprint density at radius 2 is 2.35 bits per heavy atom. The summed E-state index contributed by atoms with van der Waals surface area (Å²) >= 11 is 0. The summed E-state index contributed by atoms with van der Waals surface area (Å²) in [5.41, 5.74) is 1.43. The Hall–Kier alpha value is -1.75. The SMILES string of the molecule is COCC1=NN(Cc2cccc(F)c2)C(=O)C1. The van der Waals surface area contributed by atoms with Gasteiger partial charge in [-0.3, -0.25) is 4.79 Å². The molecule has 5 heteroatoms. The molecule has 0 spiro atoms. The first kappa shape index (κ1) is 11.7. The minimum atomic E-state index is -0.310. The largest absolute Gasteiger partial charge is 0.379 e. The highest BCUT2D eigenvalue weighted by Crippen LogP contribution is 2.14. The first-order valence-corrected chi connectivity index (χ1v) is 5.29. The van der Waals surface area contributed by atoms with E-state index in [0.29, 0.717) is 18.9 Å². The van der Waals surface area contributed by atoms with Gasteiger partial charge >= 0.3 is 0 Å². The zero-order valence-electron chi connectivity index (χ0n) is 9.52. The zero-order chi connectivity index (χ0) is 12.3. The highest BCUT2D eigenvalue weighted by atomic mass is 19.1.